The molecule has 0 aliphatic heterocycles. The zero-order chi connectivity index (χ0) is 13.9. The monoisotopic (exact) mass is 292 g/mol. The van der Waals surface area contributed by atoms with Crippen LogP contribution in [0.15, 0.2) is 12.1 Å². The Hall–Kier alpha value is -1.04. The van der Waals surface area contributed by atoms with Gasteiger partial charge in [-0.3, -0.25) is 10.1 Å². The second kappa shape index (κ2) is 5.73. The van der Waals surface area contributed by atoms with Crippen molar-refractivity contribution in [1.82, 2.24) is 0 Å². The maximum atomic E-state index is 10.9. The maximum absolute atomic E-state index is 10.9. The molecule has 0 fully saturated rings. The number of halogens is 2. The van der Waals surface area contributed by atoms with Crippen LogP contribution < -0.4 is 5.32 Å². The van der Waals surface area contributed by atoms with Gasteiger partial charge in [-0.25, -0.2) is 0 Å². The number of rotatable bonds is 5. The Kier molecular flexibility index (Phi) is 4.78. The number of aliphatic hydroxyl groups excluding tert-OH is 1. The summed E-state index contributed by atoms with van der Waals surface area (Å²) < 4.78 is 0. The number of nitrogens with zero attached hydrogens (tertiary/aromatic N) is 1. The Morgan fingerprint density at radius 3 is 2.44 bits per heavy atom. The van der Waals surface area contributed by atoms with E-state index in [0.29, 0.717) is 6.42 Å². The number of nitro benzene ring substituents is 1. The fourth-order valence-electron chi connectivity index (χ4n) is 1.49. The van der Waals surface area contributed by atoms with E-state index in [-0.39, 0.29) is 28.0 Å². The van der Waals surface area contributed by atoms with Crippen LogP contribution in [-0.2, 0) is 0 Å². The Bertz CT molecular complexity index is 464. The molecule has 1 rings (SSSR count). The molecule has 0 saturated carbocycles. The summed E-state index contributed by atoms with van der Waals surface area (Å²) in [6.07, 6.45) is 0.449. The minimum atomic E-state index is -0.528. The molecule has 0 aliphatic rings. The van der Waals surface area contributed by atoms with Crippen molar-refractivity contribution in [2.45, 2.75) is 25.8 Å². The molecule has 5 nitrogen and oxygen atoms in total. The van der Waals surface area contributed by atoms with Crippen molar-refractivity contribution in [3.8, 4) is 0 Å². The first-order valence-corrected chi connectivity index (χ1v) is 6.05. The molecule has 0 aliphatic carbocycles. The number of aliphatic hydroxyl groups is 1. The molecule has 7 heteroatoms. The first kappa shape index (κ1) is 15.0. The van der Waals surface area contributed by atoms with E-state index in [9.17, 15) is 10.1 Å². The van der Waals surface area contributed by atoms with Gasteiger partial charge in [0, 0.05) is 18.2 Å². The molecule has 1 aromatic carbocycles. The lowest BCUT2D eigenvalue weighted by molar-refractivity contribution is -0.384. The summed E-state index contributed by atoms with van der Waals surface area (Å²) in [6.45, 7) is 3.64. The molecule has 0 unspecified atom stereocenters. The molecule has 0 atom stereocenters. The van der Waals surface area contributed by atoms with Crippen molar-refractivity contribution in [2.24, 2.45) is 0 Å². The Morgan fingerprint density at radius 2 is 1.94 bits per heavy atom. The number of anilines is 1. The highest BCUT2D eigenvalue weighted by Crippen LogP contribution is 2.35. The van der Waals surface area contributed by atoms with Crippen LogP contribution in [0.25, 0.3) is 0 Å². The molecule has 18 heavy (non-hydrogen) atoms. The van der Waals surface area contributed by atoms with Crippen LogP contribution in [0.4, 0.5) is 11.4 Å². The minimum absolute atomic E-state index is 0.0187. The zero-order valence-electron chi connectivity index (χ0n) is 10.0. The third-order valence-corrected chi connectivity index (χ3v) is 3.17. The minimum Gasteiger partial charge on any atom is -0.396 e. The molecule has 0 amide bonds. The average molecular weight is 293 g/mol. The van der Waals surface area contributed by atoms with Crippen molar-refractivity contribution < 1.29 is 10.0 Å². The van der Waals surface area contributed by atoms with Gasteiger partial charge in [-0.2, -0.15) is 0 Å². The largest absolute Gasteiger partial charge is 0.396 e. The Balaban J connectivity index is 3.15. The van der Waals surface area contributed by atoms with Crippen LogP contribution in [0.1, 0.15) is 20.3 Å². The molecule has 0 spiro atoms. The van der Waals surface area contributed by atoms with Gasteiger partial charge in [0.15, 0.2) is 0 Å². The van der Waals surface area contributed by atoms with Crippen LogP contribution in [0.5, 0.6) is 0 Å². The molecule has 100 valence electrons. The van der Waals surface area contributed by atoms with Crippen molar-refractivity contribution in [3.05, 3.63) is 32.3 Å². The van der Waals surface area contributed by atoms with Gasteiger partial charge in [-0.05, 0) is 26.3 Å². The number of benzene rings is 1. The number of nitrogens with one attached hydrogen (secondary N) is 1. The lowest BCUT2D eigenvalue weighted by atomic mass is 10.0. The van der Waals surface area contributed by atoms with Gasteiger partial charge < -0.3 is 10.4 Å². The molecule has 2 N–H and O–H groups in total. The van der Waals surface area contributed by atoms with Crippen LogP contribution in [-0.4, -0.2) is 22.2 Å². The normalized spacial score (nSPS) is 11.4. The molecule has 0 saturated heterocycles. The fraction of sp³-hybridized carbons (Fsp3) is 0.455. The summed E-state index contributed by atoms with van der Waals surface area (Å²) in [5, 5.41) is 23.2. The summed E-state index contributed by atoms with van der Waals surface area (Å²) in [5.41, 5.74) is -0.348. The van der Waals surface area contributed by atoms with E-state index in [0.717, 1.165) is 0 Å². The molecular weight excluding hydrogens is 279 g/mol. The quantitative estimate of drug-likeness (QED) is 0.643. The predicted octanol–water partition coefficient (Wildman–Crippen LogP) is 3.47. The van der Waals surface area contributed by atoms with Crippen LogP contribution in [0.2, 0.25) is 10.0 Å². The number of hydrogen-bond acceptors (Lipinski definition) is 4. The van der Waals surface area contributed by atoms with Gasteiger partial charge in [0.05, 0.1) is 15.0 Å². The van der Waals surface area contributed by atoms with E-state index in [1.165, 1.54) is 12.1 Å². The summed E-state index contributed by atoms with van der Waals surface area (Å²) in [7, 11) is 0. The van der Waals surface area contributed by atoms with Crippen molar-refractivity contribution in [1.29, 1.82) is 0 Å². The van der Waals surface area contributed by atoms with Gasteiger partial charge in [0.2, 0.25) is 0 Å². The van der Waals surface area contributed by atoms with Crippen LogP contribution in [0, 0.1) is 10.1 Å². The first-order valence-electron chi connectivity index (χ1n) is 5.29. The highest BCUT2D eigenvalue weighted by Gasteiger charge is 2.23. The molecular formula is C11H14Cl2N2O3. The van der Waals surface area contributed by atoms with Gasteiger partial charge in [0.1, 0.15) is 5.69 Å². The predicted molar refractivity (Wildman–Crippen MR) is 72.5 cm³/mol. The van der Waals surface area contributed by atoms with Gasteiger partial charge >= 0.3 is 0 Å². The van der Waals surface area contributed by atoms with Crippen molar-refractivity contribution in [2.75, 3.05) is 11.9 Å². The van der Waals surface area contributed by atoms with E-state index in [2.05, 4.69) is 5.32 Å². The lowest BCUT2D eigenvalue weighted by Crippen LogP contribution is -2.32. The van der Waals surface area contributed by atoms with E-state index in [1.54, 1.807) is 0 Å². The van der Waals surface area contributed by atoms with Crippen LogP contribution >= 0.6 is 23.2 Å². The average Bonchev–Trinajstić information content (AvgIpc) is 2.22. The Labute approximate surface area is 115 Å². The highest BCUT2D eigenvalue weighted by atomic mass is 35.5. The molecule has 1 aromatic rings. The molecule has 0 heterocycles. The van der Waals surface area contributed by atoms with E-state index in [1.807, 2.05) is 13.8 Å². The number of nitro groups is 1. The summed E-state index contributed by atoms with van der Waals surface area (Å²) >= 11 is 11.6. The van der Waals surface area contributed by atoms with Gasteiger partial charge in [-0.1, -0.05) is 23.2 Å². The molecule has 0 radical (unpaired) electrons. The van der Waals surface area contributed by atoms with Gasteiger partial charge in [-0.15, -0.1) is 0 Å². The topological polar surface area (TPSA) is 75.4 Å². The Morgan fingerprint density at radius 1 is 1.39 bits per heavy atom. The SMILES string of the molecule is CC(C)(CCO)Nc1cc(Cl)c(Cl)cc1[N+](=O)[O-]. The van der Waals surface area contributed by atoms with Crippen LogP contribution in [0.3, 0.4) is 0 Å². The second-order valence-corrected chi connectivity index (χ2v) is 5.34. The van der Waals surface area contributed by atoms with Crippen molar-refractivity contribution in [3.63, 3.8) is 0 Å². The van der Waals surface area contributed by atoms with Gasteiger partial charge in [0.25, 0.3) is 5.69 Å². The maximum Gasteiger partial charge on any atom is 0.293 e. The third-order valence-electron chi connectivity index (χ3n) is 2.45. The van der Waals surface area contributed by atoms with E-state index >= 15 is 0 Å². The highest BCUT2D eigenvalue weighted by molar-refractivity contribution is 6.42. The first-order chi connectivity index (χ1) is 8.26. The smallest absolute Gasteiger partial charge is 0.293 e. The standard InChI is InChI=1S/C11H14Cl2N2O3/c1-11(2,3-4-16)14-9-5-7(12)8(13)6-10(9)15(17)18/h5-6,14,16H,3-4H2,1-2H3. The fourth-order valence-corrected chi connectivity index (χ4v) is 1.82. The second-order valence-electron chi connectivity index (χ2n) is 4.52. The summed E-state index contributed by atoms with van der Waals surface area (Å²) in [4.78, 5) is 10.4. The summed E-state index contributed by atoms with van der Waals surface area (Å²) in [5.74, 6) is 0. The van der Waals surface area contributed by atoms with Crippen molar-refractivity contribution >= 4 is 34.6 Å². The summed E-state index contributed by atoms with van der Waals surface area (Å²) in [6, 6.07) is 2.63. The third kappa shape index (κ3) is 3.73. The lowest BCUT2D eigenvalue weighted by Gasteiger charge is -2.26. The van der Waals surface area contributed by atoms with E-state index in [4.69, 9.17) is 28.3 Å². The zero-order valence-corrected chi connectivity index (χ0v) is 11.5. The number of hydrogen-bond donors (Lipinski definition) is 2. The molecule has 0 bridgehead atoms. The molecule has 0 aromatic heterocycles. The van der Waals surface area contributed by atoms with E-state index < -0.39 is 10.5 Å².